The van der Waals surface area contributed by atoms with Crippen molar-refractivity contribution in [3.05, 3.63) is 0 Å². The molecule has 178 valence electrons. The van der Waals surface area contributed by atoms with Crippen LogP contribution in [-0.2, 0) is 14.3 Å². The van der Waals surface area contributed by atoms with E-state index in [1.807, 2.05) is 13.8 Å². The van der Waals surface area contributed by atoms with Crippen molar-refractivity contribution in [3.8, 4) is 0 Å². The third-order valence-corrected chi connectivity index (χ3v) is 5.21. The summed E-state index contributed by atoms with van der Waals surface area (Å²) in [6.45, 7) is 9.05. The largest absolute Gasteiger partial charge is 0.464 e. The zero-order valence-electron chi connectivity index (χ0n) is 20.3. The number of rotatable bonds is 20. The van der Waals surface area contributed by atoms with Gasteiger partial charge in [0.25, 0.3) is 0 Å². The van der Waals surface area contributed by atoms with Gasteiger partial charge in [-0.3, -0.25) is 0 Å². The van der Waals surface area contributed by atoms with Crippen molar-refractivity contribution < 1.29 is 19.1 Å². The number of hydrogen-bond acceptors (Lipinski definition) is 4. The Morgan fingerprint density at radius 2 is 1.20 bits per heavy atom. The minimum atomic E-state index is -0.609. The van der Waals surface area contributed by atoms with Crippen LogP contribution in [0.4, 0.5) is 4.79 Å². The summed E-state index contributed by atoms with van der Waals surface area (Å²) < 4.78 is 10.5. The quantitative estimate of drug-likeness (QED) is 0.165. The normalized spacial score (nSPS) is 12.0. The number of alkyl carbamates (subject to hydrolysis) is 1. The second kappa shape index (κ2) is 21.0. The van der Waals surface area contributed by atoms with E-state index in [9.17, 15) is 9.59 Å². The molecule has 0 radical (unpaired) electrons. The fraction of sp³-hybridized carbons (Fsp3) is 0.920. The molecule has 0 aliphatic heterocycles. The number of carbonyl (C=O) groups is 2. The fourth-order valence-electron chi connectivity index (χ4n) is 3.30. The molecule has 1 unspecified atom stereocenters. The van der Waals surface area contributed by atoms with Crippen LogP contribution in [0, 0.1) is 5.92 Å². The average molecular weight is 428 g/mol. The van der Waals surface area contributed by atoms with Gasteiger partial charge >= 0.3 is 12.1 Å². The molecule has 0 aromatic heterocycles. The van der Waals surface area contributed by atoms with Crippen molar-refractivity contribution in [1.29, 1.82) is 0 Å². The summed E-state index contributed by atoms with van der Waals surface area (Å²) in [7, 11) is 0. The van der Waals surface area contributed by atoms with Crippen molar-refractivity contribution in [2.45, 2.75) is 130 Å². The Hall–Kier alpha value is -1.26. The number of ether oxygens (including phenoxy) is 2. The number of amides is 1. The number of esters is 1. The molecule has 0 fully saturated rings. The topological polar surface area (TPSA) is 64.6 Å². The van der Waals surface area contributed by atoms with E-state index in [2.05, 4.69) is 19.2 Å². The number of hydrogen-bond donors (Lipinski definition) is 1. The van der Waals surface area contributed by atoms with E-state index in [4.69, 9.17) is 9.47 Å². The van der Waals surface area contributed by atoms with Gasteiger partial charge in [0, 0.05) is 0 Å². The van der Waals surface area contributed by atoms with E-state index in [1.165, 1.54) is 64.2 Å². The van der Waals surface area contributed by atoms with Gasteiger partial charge in [-0.15, -0.1) is 0 Å². The molecule has 0 heterocycles. The van der Waals surface area contributed by atoms with Crippen molar-refractivity contribution in [3.63, 3.8) is 0 Å². The molecule has 0 aromatic carbocycles. The summed E-state index contributed by atoms with van der Waals surface area (Å²) in [5.41, 5.74) is 0. The van der Waals surface area contributed by atoms with Crippen LogP contribution >= 0.6 is 0 Å². The van der Waals surface area contributed by atoms with Gasteiger partial charge in [0.05, 0.1) is 13.2 Å². The third-order valence-electron chi connectivity index (χ3n) is 5.21. The van der Waals surface area contributed by atoms with Crippen LogP contribution in [0.3, 0.4) is 0 Å². The summed E-state index contributed by atoms with van der Waals surface area (Å²) in [4.78, 5) is 24.2. The Bertz CT molecular complexity index is 412. The Balaban J connectivity index is 3.78. The highest BCUT2D eigenvalue weighted by Gasteiger charge is 2.22. The fourth-order valence-corrected chi connectivity index (χ4v) is 3.30. The van der Waals surface area contributed by atoms with Crippen LogP contribution in [0.2, 0.25) is 0 Å². The molecule has 0 saturated carbocycles. The maximum absolute atomic E-state index is 12.3. The van der Waals surface area contributed by atoms with E-state index >= 15 is 0 Å². The van der Waals surface area contributed by atoms with Crippen molar-refractivity contribution >= 4 is 12.1 Å². The van der Waals surface area contributed by atoms with Gasteiger partial charge in [0.15, 0.2) is 0 Å². The van der Waals surface area contributed by atoms with Crippen molar-refractivity contribution in [2.75, 3.05) is 13.2 Å². The van der Waals surface area contributed by atoms with Gasteiger partial charge in [0.2, 0.25) is 0 Å². The van der Waals surface area contributed by atoms with E-state index < -0.39 is 12.1 Å². The molecular formula is C25H49NO4. The lowest BCUT2D eigenvalue weighted by Gasteiger charge is -2.18. The Kier molecular flexibility index (Phi) is 20.1. The maximum Gasteiger partial charge on any atom is 0.407 e. The van der Waals surface area contributed by atoms with E-state index in [1.54, 1.807) is 0 Å². The lowest BCUT2D eigenvalue weighted by Crippen LogP contribution is -2.42. The molecule has 1 atom stereocenters. The molecule has 0 saturated heterocycles. The molecule has 5 heteroatoms. The first-order chi connectivity index (χ1) is 14.5. The first kappa shape index (κ1) is 28.7. The van der Waals surface area contributed by atoms with Gasteiger partial charge in [-0.25, -0.2) is 9.59 Å². The van der Waals surface area contributed by atoms with Gasteiger partial charge in [-0.05, 0) is 18.8 Å². The molecule has 0 aliphatic rings. The SMILES string of the molecule is CCCCCCCCCCCCCCOC(=O)C(CCCC)NC(=O)OCC(C)C. The predicted molar refractivity (Wildman–Crippen MR) is 125 cm³/mol. The molecular weight excluding hydrogens is 378 g/mol. The molecule has 0 bridgehead atoms. The lowest BCUT2D eigenvalue weighted by molar-refractivity contribution is -0.146. The molecule has 0 rings (SSSR count). The smallest absolute Gasteiger partial charge is 0.407 e. The number of nitrogens with one attached hydrogen (secondary N) is 1. The number of unbranched alkanes of at least 4 members (excludes halogenated alkanes) is 12. The Morgan fingerprint density at radius 3 is 1.70 bits per heavy atom. The van der Waals surface area contributed by atoms with Crippen LogP contribution in [0.5, 0.6) is 0 Å². The molecule has 30 heavy (non-hydrogen) atoms. The molecule has 5 nitrogen and oxygen atoms in total. The molecule has 1 amide bonds. The highest BCUT2D eigenvalue weighted by atomic mass is 16.6. The van der Waals surface area contributed by atoms with Gasteiger partial charge in [0.1, 0.15) is 6.04 Å². The van der Waals surface area contributed by atoms with Crippen LogP contribution in [0.25, 0.3) is 0 Å². The van der Waals surface area contributed by atoms with E-state index in [-0.39, 0.29) is 11.9 Å². The van der Waals surface area contributed by atoms with Crippen LogP contribution in [0.15, 0.2) is 0 Å². The van der Waals surface area contributed by atoms with Gasteiger partial charge in [-0.2, -0.15) is 0 Å². The Labute approximate surface area is 186 Å². The van der Waals surface area contributed by atoms with Crippen LogP contribution in [0.1, 0.15) is 124 Å². The zero-order valence-corrected chi connectivity index (χ0v) is 20.3. The first-order valence-corrected chi connectivity index (χ1v) is 12.6. The summed E-state index contributed by atoms with van der Waals surface area (Å²) in [6.07, 6.45) is 17.2. The first-order valence-electron chi connectivity index (χ1n) is 12.6. The van der Waals surface area contributed by atoms with E-state index in [0.717, 1.165) is 25.7 Å². The summed E-state index contributed by atoms with van der Waals surface area (Å²) >= 11 is 0. The molecule has 1 N–H and O–H groups in total. The minimum absolute atomic E-state index is 0.266. The lowest BCUT2D eigenvalue weighted by atomic mass is 10.1. The summed E-state index contributed by atoms with van der Waals surface area (Å²) in [5, 5.41) is 2.67. The molecule has 0 aliphatic carbocycles. The standard InChI is InChI=1S/C25H49NO4/c1-5-7-9-10-11-12-13-14-15-16-17-18-20-29-24(27)23(19-8-6-2)26-25(28)30-21-22(3)4/h22-23H,5-21H2,1-4H3,(H,26,28). The highest BCUT2D eigenvalue weighted by Crippen LogP contribution is 2.12. The summed E-state index contributed by atoms with van der Waals surface area (Å²) in [5.74, 6) is -0.0735. The van der Waals surface area contributed by atoms with E-state index in [0.29, 0.717) is 19.6 Å². The third kappa shape index (κ3) is 18.7. The number of carbonyl (C=O) groups excluding carboxylic acids is 2. The predicted octanol–water partition coefficient (Wildman–Crippen LogP) is 7.17. The van der Waals surface area contributed by atoms with Crippen molar-refractivity contribution in [2.24, 2.45) is 5.92 Å². The van der Waals surface area contributed by atoms with Crippen LogP contribution < -0.4 is 5.32 Å². The van der Waals surface area contributed by atoms with Crippen molar-refractivity contribution in [1.82, 2.24) is 5.32 Å². The highest BCUT2D eigenvalue weighted by molar-refractivity contribution is 5.81. The Morgan fingerprint density at radius 1 is 0.700 bits per heavy atom. The minimum Gasteiger partial charge on any atom is -0.464 e. The van der Waals surface area contributed by atoms with Gasteiger partial charge < -0.3 is 14.8 Å². The monoisotopic (exact) mass is 427 g/mol. The zero-order chi connectivity index (χ0) is 22.5. The summed E-state index contributed by atoms with van der Waals surface area (Å²) in [6, 6.07) is -0.609. The maximum atomic E-state index is 12.3. The van der Waals surface area contributed by atoms with Crippen LogP contribution in [-0.4, -0.2) is 31.3 Å². The molecule has 0 spiro atoms. The average Bonchev–Trinajstić information content (AvgIpc) is 2.72. The second-order valence-corrected chi connectivity index (χ2v) is 8.89. The van der Waals surface area contributed by atoms with Gasteiger partial charge in [-0.1, -0.05) is 111 Å². The second-order valence-electron chi connectivity index (χ2n) is 8.89. The molecule has 0 aromatic rings.